The van der Waals surface area contributed by atoms with Gasteiger partial charge < -0.3 is 4.18 Å². The van der Waals surface area contributed by atoms with Crippen LogP contribution < -0.4 is 0 Å². The third kappa shape index (κ3) is 4.34. The lowest BCUT2D eigenvalue weighted by Gasteiger charge is -2.01. The first-order chi connectivity index (χ1) is 6.33. The Labute approximate surface area is 84.7 Å². The molecule has 0 aliphatic carbocycles. The Morgan fingerprint density at radius 1 is 1.23 bits per heavy atom. The maximum atomic E-state index is 5.42. The summed E-state index contributed by atoms with van der Waals surface area (Å²) in [4.78, 5) is 1.18. The van der Waals surface area contributed by atoms with Crippen LogP contribution in [0.5, 0.6) is 0 Å². The Balaban J connectivity index is 2.25. The molecule has 13 heavy (non-hydrogen) atoms. The van der Waals surface area contributed by atoms with E-state index in [0.29, 0.717) is 0 Å². The Kier molecular flexibility index (Phi) is 4.94. The molecule has 0 radical (unpaired) electrons. The van der Waals surface area contributed by atoms with E-state index in [4.69, 9.17) is 4.18 Å². The minimum atomic E-state index is 0.842. The lowest BCUT2D eigenvalue weighted by molar-refractivity contribution is 0.362. The van der Waals surface area contributed by atoms with Crippen molar-refractivity contribution in [2.45, 2.75) is 31.6 Å². The Hall–Kier alpha value is -0.470. The molecule has 0 heterocycles. The fraction of sp³-hybridized carbons (Fsp3) is 0.455. The van der Waals surface area contributed by atoms with Gasteiger partial charge in [0.15, 0.2) is 0 Å². The van der Waals surface area contributed by atoms with Gasteiger partial charge in [-0.2, -0.15) is 0 Å². The van der Waals surface area contributed by atoms with E-state index in [2.05, 4.69) is 38.1 Å². The fourth-order valence-corrected chi connectivity index (χ4v) is 1.49. The van der Waals surface area contributed by atoms with E-state index in [1.165, 1.54) is 28.9 Å². The standard InChI is InChI=1S/C11H16OS/c1-3-4-9-12-13-11-7-5-10(2)6-8-11/h5-8H,3-4,9H2,1-2H3. The molecule has 0 saturated heterocycles. The smallest absolute Gasteiger partial charge is 0.0618 e. The van der Waals surface area contributed by atoms with Crippen molar-refractivity contribution >= 4 is 12.0 Å². The number of hydrogen-bond acceptors (Lipinski definition) is 2. The van der Waals surface area contributed by atoms with Crippen LogP contribution in [0.15, 0.2) is 29.2 Å². The molecule has 0 aromatic heterocycles. The van der Waals surface area contributed by atoms with Gasteiger partial charge in [-0.1, -0.05) is 31.0 Å². The predicted molar refractivity (Wildman–Crippen MR) is 57.9 cm³/mol. The van der Waals surface area contributed by atoms with Crippen LogP contribution in [0.4, 0.5) is 0 Å². The fourth-order valence-electron chi connectivity index (χ4n) is 0.907. The number of hydrogen-bond donors (Lipinski definition) is 0. The second-order valence-electron chi connectivity index (χ2n) is 3.07. The lowest BCUT2D eigenvalue weighted by atomic mass is 10.2. The van der Waals surface area contributed by atoms with Gasteiger partial charge in [0.25, 0.3) is 0 Å². The van der Waals surface area contributed by atoms with Gasteiger partial charge in [-0.3, -0.25) is 0 Å². The van der Waals surface area contributed by atoms with Crippen molar-refractivity contribution in [1.82, 2.24) is 0 Å². The van der Waals surface area contributed by atoms with Gasteiger partial charge in [-0.25, -0.2) is 0 Å². The summed E-state index contributed by atoms with van der Waals surface area (Å²) in [7, 11) is 0. The maximum absolute atomic E-state index is 5.42. The molecule has 72 valence electrons. The third-order valence-electron chi connectivity index (χ3n) is 1.76. The molecule has 1 aromatic carbocycles. The van der Waals surface area contributed by atoms with Crippen molar-refractivity contribution in [1.29, 1.82) is 0 Å². The number of unbranched alkanes of at least 4 members (excludes halogenated alkanes) is 1. The Bertz CT molecular complexity index is 230. The van der Waals surface area contributed by atoms with E-state index < -0.39 is 0 Å². The van der Waals surface area contributed by atoms with Gasteiger partial charge >= 0.3 is 0 Å². The second-order valence-corrected chi connectivity index (χ2v) is 3.95. The molecule has 0 spiro atoms. The molecular weight excluding hydrogens is 180 g/mol. The van der Waals surface area contributed by atoms with E-state index in [1.807, 2.05) is 0 Å². The average molecular weight is 196 g/mol. The third-order valence-corrected chi connectivity index (χ3v) is 2.51. The highest BCUT2D eigenvalue weighted by molar-refractivity contribution is 7.94. The van der Waals surface area contributed by atoms with Crippen molar-refractivity contribution in [2.24, 2.45) is 0 Å². The number of benzene rings is 1. The molecule has 0 atom stereocenters. The van der Waals surface area contributed by atoms with E-state index >= 15 is 0 Å². The first-order valence-corrected chi connectivity index (χ1v) is 5.43. The van der Waals surface area contributed by atoms with Crippen molar-refractivity contribution in [3.8, 4) is 0 Å². The molecular formula is C11H16OS. The minimum Gasteiger partial charge on any atom is -0.310 e. The lowest BCUT2D eigenvalue weighted by Crippen LogP contribution is -1.84. The molecule has 2 heteroatoms. The largest absolute Gasteiger partial charge is 0.310 e. The van der Waals surface area contributed by atoms with Crippen LogP contribution >= 0.6 is 12.0 Å². The van der Waals surface area contributed by atoms with Crippen molar-refractivity contribution in [2.75, 3.05) is 6.61 Å². The quantitative estimate of drug-likeness (QED) is 0.523. The molecule has 0 fully saturated rings. The number of rotatable bonds is 5. The molecule has 0 aliphatic rings. The van der Waals surface area contributed by atoms with Gasteiger partial charge in [0.2, 0.25) is 0 Å². The van der Waals surface area contributed by atoms with Crippen LogP contribution in [0.1, 0.15) is 25.3 Å². The van der Waals surface area contributed by atoms with Crippen molar-refractivity contribution in [3.05, 3.63) is 29.8 Å². The van der Waals surface area contributed by atoms with E-state index in [9.17, 15) is 0 Å². The van der Waals surface area contributed by atoms with Crippen LogP contribution in [0.25, 0.3) is 0 Å². The van der Waals surface area contributed by atoms with E-state index in [0.717, 1.165) is 13.0 Å². The molecule has 0 amide bonds. The summed E-state index contributed by atoms with van der Waals surface area (Å²) < 4.78 is 5.42. The summed E-state index contributed by atoms with van der Waals surface area (Å²) >= 11 is 1.47. The number of aryl methyl sites for hydroxylation is 1. The van der Waals surface area contributed by atoms with Crippen molar-refractivity contribution < 1.29 is 4.18 Å². The first kappa shape index (κ1) is 10.6. The van der Waals surface area contributed by atoms with Crippen LogP contribution in [-0.2, 0) is 4.18 Å². The molecule has 1 aromatic rings. The normalized spacial score (nSPS) is 10.3. The topological polar surface area (TPSA) is 9.23 Å². The summed E-state index contributed by atoms with van der Waals surface area (Å²) in [5.41, 5.74) is 1.29. The molecule has 1 nitrogen and oxygen atoms in total. The zero-order valence-electron chi connectivity index (χ0n) is 8.25. The molecule has 0 unspecified atom stereocenters. The molecule has 0 saturated carbocycles. The summed E-state index contributed by atoms with van der Waals surface area (Å²) in [6.07, 6.45) is 2.33. The SMILES string of the molecule is CCCCOSc1ccc(C)cc1. The van der Waals surface area contributed by atoms with E-state index in [-0.39, 0.29) is 0 Å². The van der Waals surface area contributed by atoms with Gasteiger partial charge in [0.05, 0.1) is 6.61 Å². The first-order valence-electron chi connectivity index (χ1n) is 4.69. The summed E-state index contributed by atoms with van der Waals surface area (Å²) in [6.45, 7) is 5.10. The molecule has 0 bridgehead atoms. The van der Waals surface area contributed by atoms with Crippen molar-refractivity contribution in [3.63, 3.8) is 0 Å². The summed E-state index contributed by atoms with van der Waals surface area (Å²) in [6, 6.07) is 8.38. The minimum absolute atomic E-state index is 0.842. The van der Waals surface area contributed by atoms with Gasteiger partial charge in [0.1, 0.15) is 0 Å². The molecule has 1 rings (SSSR count). The predicted octanol–water partition coefficient (Wildman–Crippen LogP) is 3.82. The van der Waals surface area contributed by atoms with Gasteiger partial charge in [-0.05, 0) is 25.5 Å². The van der Waals surface area contributed by atoms with Crippen LogP contribution in [-0.4, -0.2) is 6.61 Å². The van der Waals surface area contributed by atoms with E-state index in [1.54, 1.807) is 0 Å². The Morgan fingerprint density at radius 2 is 1.92 bits per heavy atom. The van der Waals surface area contributed by atoms with Gasteiger partial charge in [-0.15, -0.1) is 0 Å². The zero-order valence-corrected chi connectivity index (χ0v) is 9.06. The second kappa shape index (κ2) is 6.06. The van der Waals surface area contributed by atoms with Crippen LogP contribution in [0.2, 0.25) is 0 Å². The summed E-state index contributed by atoms with van der Waals surface area (Å²) in [5, 5.41) is 0. The highest BCUT2D eigenvalue weighted by atomic mass is 32.2. The average Bonchev–Trinajstić information content (AvgIpc) is 2.15. The highest BCUT2D eigenvalue weighted by Crippen LogP contribution is 2.19. The molecule has 0 aliphatic heterocycles. The van der Waals surface area contributed by atoms with Crippen LogP contribution in [0, 0.1) is 6.92 Å². The maximum Gasteiger partial charge on any atom is 0.0618 e. The highest BCUT2D eigenvalue weighted by Gasteiger charge is 1.93. The Morgan fingerprint density at radius 3 is 2.54 bits per heavy atom. The summed E-state index contributed by atoms with van der Waals surface area (Å²) in [5.74, 6) is 0. The van der Waals surface area contributed by atoms with Crippen LogP contribution in [0.3, 0.4) is 0 Å². The monoisotopic (exact) mass is 196 g/mol. The van der Waals surface area contributed by atoms with Gasteiger partial charge in [0, 0.05) is 16.9 Å². The molecule has 0 N–H and O–H groups in total. The zero-order chi connectivity index (χ0) is 9.52.